The minimum atomic E-state index is -0.298. The molecule has 1 aromatic heterocycles. The Morgan fingerprint density at radius 1 is 1.43 bits per heavy atom. The van der Waals surface area contributed by atoms with Crippen molar-refractivity contribution in [1.29, 1.82) is 0 Å². The van der Waals surface area contributed by atoms with Gasteiger partial charge >= 0.3 is 0 Å². The summed E-state index contributed by atoms with van der Waals surface area (Å²) in [7, 11) is 0. The average molecular weight is 291 g/mol. The molecule has 0 bridgehead atoms. The van der Waals surface area contributed by atoms with Crippen molar-refractivity contribution in [2.24, 2.45) is 0 Å². The zero-order valence-electron chi connectivity index (χ0n) is 11.8. The van der Waals surface area contributed by atoms with Crippen LogP contribution in [0.2, 0.25) is 0 Å². The SMILES string of the molecule is CC(NC(=O)CCCOc1ccc(F)cc1)c1ncc[nH]1. The molecule has 0 aliphatic carbocycles. The number of nitrogens with zero attached hydrogens (tertiary/aromatic N) is 1. The number of imidazole rings is 1. The van der Waals surface area contributed by atoms with Crippen LogP contribution in [0.15, 0.2) is 36.7 Å². The number of hydrogen-bond acceptors (Lipinski definition) is 3. The second kappa shape index (κ2) is 7.42. The number of aromatic nitrogens is 2. The molecule has 1 aromatic carbocycles. The van der Waals surface area contributed by atoms with Crippen LogP contribution in [0.3, 0.4) is 0 Å². The third kappa shape index (κ3) is 4.91. The lowest BCUT2D eigenvalue weighted by Gasteiger charge is -2.11. The average Bonchev–Trinajstić information content (AvgIpc) is 3.00. The molecule has 6 heteroatoms. The fraction of sp³-hybridized carbons (Fsp3) is 0.333. The Bertz CT molecular complexity index is 555. The van der Waals surface area contributed by atoms with Crippen molar-refractivity contribution >= 4 is 5.91 Å². The predicted octanol–water partition coefficient (Wildman–Crippen LogP) is 2.59. The zero-order chi connectivity index (χ0) is 15.1. The van der Waals surface area contributed by atoms with Crippen molar-refractivity contribution in [2.75, 3.05) is 6.61 Å². The van der Waals surface area contributed by atoms with Gasteiger partial charge in [0.25, 0.3) is 0 Å². The number of hydrogen-bond donors (Lipinski definition) is 2. The second-order valence-electron chi connectivity index (χ2n) is 4.67. The molecular weight excluding hydrogens is 273 g/mol. The molecule has 0 fully saturated rings. The summed E-state index contributed by atoms with van der Waals surface area (Å²) in [5.74, 6) is 0.974. The monoisotopic (exact) mass is 291 g/mol. The van der Waals surface area contributed by atoms with Gasteiger partial charge in [0, 0.05) is 18.8 Å². The standard InChI is InChI=1S/C15H18FN3O2/c1-11(15-17-8-9-18-15)19-14(20)3-2-10-21-13-6-4-12(16)5-7-13/h4-9,11H,2-3,10H2,1H3,(H,17,18)(H,19,20). The van der Waals surface area contributed by atoms with Crippen LogP contribution in [0.25, 0.3) is 0 Å². The van der Waals surface area contributed by atoms with Gasteiger partial charge in [-0.3, -0.25) is 4.79 Å². The van der Waals surface area contributed by atoms with E-state index < -0.39 is 0 Å². The minimum Gasteiger partial charge on any atom is -0.494 e. The second-order valence-corrected chi connectivity index (χ2v) is 4.67. The van der Waals surface area contributed by atoms with Crippen LogP contribution in [-0.2, 0) is 4.79 Å². The summed E-state index contributed by atoms with van der Waals surface area (Å²) < 4.78 is 18.1. The first kappa shape index (κ1) is 15.0. The van der Waals surface area contributed by atoms with Crippen molar-refractivity contribution in [3.8, 4) is 5.75 Å². The molecule has 1 atom stereocenters. The van der Waals surface area contributed by atoms with Crippen molar-refractivity contribution in [3.63, 3.8) is 0 Å². The van der Waals surface area contributed by atoms with Crippen LogP contribution in [0, 0.1) is 5.82 Å². The molecule has 0 saturated heterocycles. The van der Waals surface area contributed by atoms with Crippen LogP contribution in [0.5, 0.6) is 5.75 Å². The van der Waals surface area contributed by atoms with Gasteiger partial charge in [0.05, 0.1) is 12.6 Å². The highest BCUT2D eigenvalue weighted by atomic mass is 19.1. The Kier molecular flexibility index (Phi) is 5.31. The van der Waals surface area contributed by atoms with Gasteiger partial charge in [-0.25, -0.2) is 9.37 Å². The van der Waals surface area contributed by atoms with Crippen molar-refractivity contribution in [1.82, 2.24) is 15.3 Å². The first-order chi connectivity index (χ1) is 10.1. The van der Waals surface area contributed by atoms with E-state index in [9.17, 15) is 9.18 Å². The van der Waals surface area contributed by atoms with Crippen LogP contribution in [-0.4, -0.2) is 22.5 Å². The maximum Gasteiger partial charge on any atom is 0.220 e. The van der Waals surface area contributed by atoms with Crippen LogP contribution in [0.1, 0.15) is 31.6 Å². The minimum absolute atomic E-state index is 0.0541. The largest absolute Gasteiger partial charge is 0.494 e. The van der Waals surface area contributed by atoms with Gasteiger partial charge in [0.1, 0.15) is 17.4 Å². The van der Waals surface area contributed by atoms with E-state index in [-0.39, 0.29) is 17.8 Å². The summed E-state index contributed by atoms with van der Waals surface area (Å²) in [4.78, 5) is 18.8. The zero-order valence-corrected chi connectivity index (χ0v) is 11.8. The molecule has 5 nitrogen and oxygen atoms in total. The summed E-state index contributed by atoms with van der Waals surface area (Å²) in [6.45, 7) is 2.28. The summed E-state index contributed by atoms with van der Waals surface area (Å²) >= 11 is 0. The number of halogens is 1. The van der Waals surface area contributed by atoms with Gasteiger partial charge in [0.2, 0.25) is 5.91 Å². The number of carbonyl (C=O) groups is 1. The number of aromatic amines is 1. The molecule has 0 spiro atoms. The summed E-state index contributed by atoms with van der Waals surface area (Å²) in [6.07, 6.45) is 4.32. The number of nitrogens with one attached hydrogen (secondary N) is 2. The fourth-order valence-electron chi connectivity index (χ4n) is 1.85. The highest BCUT2D eigenvalue weighted by Gasteiger charge is 2.10. The van der Waals surface area contributed by atoms with Gasteiger partial charge in [0.15, 0.2) is 0 Å². The van der Waals surface area contributed by atoms with Crippen LogP contribution in [0.4, 0.5) is 4.39 Å². The number of carbonyl (C=O) groups excluding carboxylic acids is 1. The first-order valence-electron chi connectivity index (χ1n) is 6.82. The van der Waals surface area contributed by atoms with E-state index in [1.165, 1.54) is 12.1 Å². The van der Waals surface area contributed by atoms with Gasteiger partial charge in [-0.1, -0.05) is 0 Å². The predicted molar refractivity (Wildman–Crippen MR) is 76.3 cm³/mol. The Morgan fingerprint density at radius 3 is 2.86 bits per heavy atom. The molecule has 0 aliphatic rings. The molecule has 2 N–H and O–H groups in total. The van der Waals surface area contributed by atoms with Crippen molar-refractivity contribution in [3.05, 3.63) is 48.3 Å². The molecule has 0 aliphatic heterocycles. The third-order valence-electron chi connectivity index (χ3n) is 2.94. The van der Waals surface area contributed by atoms with Gasteiger partial charge in [-0.05, 0) is 37.6 Å². The summed E-state index contributed by atoms with van der Waals surface area (Å²) in [5.41, 5.74) is 0. The summed E-state index contributed by atoms with van der Waals surface area (Å²) in [5, 5.41) is 2.85. The third-order valence-corrected chi connectivity index (χ3v) is 2.94. The number of ether oxygens (including phenoxy) is 1. The molecule has 1 unspecified atom stereocenters. The molecule has 1 heterocycles. The van der Waals surface area contributed by atoms with Crippen LogP contribution >= 0.6 is 0 Å². The normalized spacial score (nSPS) is 11.9. The molecule has 0 saturated carbocycles. The number of H-pyrrole nitrogens is 1. The van der Waals surface area contributed by atoms with Gasteiger partial charge in [-0.15, -0.1) is 0 Å². The van der Waals surface area contributed by atoms with E-state index in [0.717, 1.165) is 5.82 Å². The number of amides is 1. The topological polar surface area (TPSA) is 67.0 Å². The molecular formula is C15H18FN3O2. The van der Waals surface area contributed by atoms with E-state index in [1.807, 2.05) is 6.92 Å². The Morgan fingerprint density at radius 2 is 2.19 bits per heavy atom. The van der Waals surface area contributed by atoms with E-state index in [4.69, 9.17) is 4.74 Å². The van der Waals surface area contributed by atoms with E-state index in [0.29, 0.717) is 25.2 Å². The molecule has 2 aromatic rings. The Balaban J connectivity index is 1.64. The lowest BCUT2D eigenvalue weighted by molar-refractivity contribution is -0.122. The lowest BCUT2D eigenvalue weighted by Crippen LogP contribution is -2.27. The van der Waals surface area contributed by atoms with Gasteiger partial charge in [-0.2, -0.15) is 0 Å². The van der Waals surface area contributed by atoms with E-state index >= 15 is 0 Å². The highest BCUT2D eigenvalue weighted by Crippen LogP contribution is 2.11. The quantitative estimate of drug-likeness (QED) is 0.770. The van der Waals surface area contributed by atoms with Gasteiger partial charge < -0.3 is 15.0 Å². The van der Waals surface area contributed by atoms with E-state index in [1.54, 1.807) is 24.5 Å². The molecule has 1 amide bonds. The number of rotatable bonds is 7. The maximum absolute atomic E-state index is 12.7. The van der Waals surface area contributed by atoms with Crippen molar-refractivity contribution < 1.29 is 13.9 Å². The fourth-order valence-corrected chi connectivity index (χ4v) is 1.85. The maximum atomic E-state index is 12.7. The molecule has 21 heavy (non-hydrogen) atoms. The summed E-state index contributed by atoms with van der Waals surface area (Å²) in [6, 6.07) is 5.66. The highest BCUT2D eigenvalue weighted by molar-refractivity contribution is 5.76. The first-order valence-corrected chi connectivity index (χ1v) is 6.82. The van der Waals surface area contributed by atoms with Crippen molar-refractivity contribution in [2.45, 2.75) is 25.8 Å². The Hall–Kier alpha value is -2.37. The number of benzene rings is 1. The molecule has 112 valence electrons. The van der Waals surface area contributed by atoms with E-state index in [2.05, 4.69) is 15.3 Å². The smallest absolute Gasteiger partial charge is 0.220 e. The molecule has 2 rings (SSSR count). The Labute approximate surface area is 122 Å². The van der Waals surface area contributed by atoms with Crippen LogP contribution < -0.4 is 10.1 Å². The lowest BCUT2D eigenvalue weighted by atomic mass is 10.2. The molecule has 0 radical (unpaired) electrons.